The molecule has 0 saturated carbocycles. The molecule has 2 aliphatic heterocycles. The lowest BCUT2D eigenvalue weighted by atomic mass is 10.3. The summed E-state index contributed by atoms with van der Waals surface area (Å²) < 4.78 is 34.3. The van der Waals surface area contributed by atoms with Gasteiger partial charge in [-0.3, -0.25) is 0 Å². The zero-order valence-corrected chi connectivity index (χ0v) is 16.2. The minimum absolute atomic E-state index is 0.419. The van der Waals surface area contributed by atoms with E-state index in [0.29, 0.717) is 45.9 Å². The maximum atomic E-state index is 12.9. The number of aromatic nitrogens is 3. The zero-order valence-electron chi connectivity index (χ0n) is 15.4. The van der Waals surface area contributed by atoms with Gasteiger partial charge in [0, 0.05) is 45.0 Å². The van der Waals surface area contributed by atoms with Gasteiger partial charge in [0.15, 0.2) is 5.82 Å². The number of ether oxygens (including phenoxy) is 1. The molecule has 0 aromatic carbocycles. The van der Waals surface area contributed by atoms with Crippen LogP contribution in [0.2, 0.25) is 0 Å². The number of rotatable bonds is 3. The molecule has 27 heavy (non-hydrogen) atoms. The second-order valence-electron chi connectivity index (χ2n) is 6.78. The van der Waals surface area contributed by atoms with Gasteiger partial charge in [0.05, 0.1) is 18.7 Å². The highest BCUT2D eigenvalue weighted by molar-refractivity contribution is 7.86. The second-order valence-corrected chi connectivity index (χ2v) is 8.70. The Labute approximate surface area is 159 Å². The average molecular weight is 392 g/mol. The second kappa shape index (κ2) is 7.63. The number of hydrogen-bond donors (Lipinski definition) is 0. The van der Waals surface area contributed by atoms with Crippen LogP contribution in [0.1, 0.15) is 12.1 Å². The Balaban J connectivity index is 1.55. The summed E-state index contributed by atoms with van der Waals surface area (Å²) in [4.78, 5) is 15.5. The first-order chi connectivity index (χ1) is 13.1. The van der Waals surface area contributed by atoms with E-state index in [2.05, 4.69) is 19.9 Å². The molecule has 0 unspecified atom stereocenters. The van der Waals surface area contributed by atoms with E-state index in [1.54, 1.807) is 10.6 Å². The molecule has 2 fully saturated rings. The van der Waals surface area contributed by atoms with Gasteiger partial charge < -0.3 is 9.64 Å². The fraction of sp³-hybridized carbons (Fsp3) is 0.588. The van der Waals surface area contributed by atoms with E-state index in [4.69, 9.17) is 4.74 Å². The predicted molar refractivity (Wildman–Crippen MR) is 102 cm³/mol. The van der Waals surface area contributed by atoms with Crippen LogP contribution in [0.25, 0.3) is 11.0 Å². The Morgan fingerprint density at radius 1 is 0.963 bits per heavy atom. The molecule has 2 aliphatic rings. The first kappa shape index (κ1) is 18.5. The van der Waals surface area contributed by atoms with Crippen molar-refractivity contribution < 1.29 is 13.2 Å². The van der Waals surface area contributed by atoms with E-state index in [0.717, 1.165) is 35.5 Å². The smallest absolute Gasteiger partial charge is 0.282 e. The fourth-order valence-corrected chi connectivity index (χ4v) is 5.14. The number of anilines is 1. The Hall–Kier alpha value is -1.88. The third-order valence-electron chi connectivity index (χ3n) is 4.98. The molecular weight excluding hydrogens is 368 g/mol. The van der Waals surface area contributed by atoms with Crippen LogP contribution >= 0.6 is 0 Å². The molecule has 2 saturated heterocycles. The normalized spacial score (nSPS) is 20.7. The standard InChI is InChI=1S/C17H24N6O3S/c1-14-3-4-15-16(20-14)17(19-13-18-15)21-5-2-6-22(8-7-21)27(24,25)23-9-11-26-12-10-23/h3-4,13H,2,5-12H2,1H3. The van der Waals surface area contributed by atoms with Crippen LogP contribution < -0.4 is 4.90 Å². The van der Waals surface area contributed by atoms with Crippen molar-refractivity contribution in [2.75, 3.05) is 57.4 Å². The van der Waals surface area contributed by atoms with Crippen molar-refractivity contribution in [3.63, 3.8) is 0 Å². The van der Waals surface area contributed by atoms with E-state index in [1.165, 1.54) is 4.31 Å². The number of morpholine rings is 1. The first-order valence-corrected chi connectivity index (χ1v) is 10.6. The minimum atomic E-state index is -3.45. The average Bonchev–Trinajstić information content (AvgIpc) is 2.95. The van der Waals surface area contributed by atoms with Crippen molar-refractivity contribution in [1.29, 1.82) is 0 Å². The van der Waals surface area contributed by atoms with E-state index in [1.807, 2.05) is 19.1 Å². The molecular formula is C17H24N6O3S. The maximum Gasteiger partial charge on any atom is 0.282 e. The van der Waals surface area contributed by atoms with Gasteiger partial charge in [0.1, 0.15) is 11.8 Å². The molecule has 0 radical (unpaired) electrons. The van der Waals surface area contributed by atoms with Gasteiger partial charge >= 0.3 is 0 Å². The lowest BCUT2D eigenvalue weighted by Crippen LogP contribution is -2.49. The van der Waals surface area contributed by atoms with Gasteiger partial charge in [-0.2, -0.15) is 17.0 Å². The zero-order chi connectivity index (χ0) is 18.9. The summed E-state index contributed by atoms with van der Waals surface area (Å²) in [5, 5.41) is 0. The van der Waals surface area contributed by atoms with Crippen LogP contribution in [0.4, 0.5) is 5.82 Å². The van der Waals surface area contributed by atoms with Gasteiger partial charge in [-0.05, 0) is 25.5 Å². The molecule has 0 aliphatic carbocycles. The van der Waals surface area contributed by atoms with Crippen LogP contribution in [0, 0.1) is 6.92 Å². The molecule has 4 heterocycles. The molecule has 0 bridgehead atoms. The summed E-state index contributed by atoms with van der Waals surface area (Å²) in [5.74, 6) is 0.773. The quantitative estimate of drug-likeness (QED) is 0.748. The van der Waals surface area contributed by atoms with E-state index in [9.17, 15) is 8.42 Å². The molecule has 146 valence electrons. The first-order valence-electron chi connectivity index (χ1n) is 9.22. The number of hydrogen-bond acceptors (Lipinski definition) is 7. The molecule has 0 spiro atoms. The highest BCUT2D eigenvalue weighted by atomic mass is 32.2. The number of fused-ring (bicyclic) bond motifs is 1. The third-order valence-corrected chi connectivity index (χ3v) is 7.01. The van der Waals surface area contributed by atoms with Crippen molar-refractivity contribution in [3.05, 3.63) is 24.2 Å². The van der Waals surface area contributed by atoms with Crippen molar-refractivity contribution in [3.8, 4) is 0 Å². The monoisotopic (exact) mass is 392 g/mol. The Kier molecular flexibility index (Phi) is 5.22. The number of aryl methyl sites for hydroxylation is 1. The molecule has 2 aromatic heterocycles. The summed E-state index contributed by atoms with van der Waals surface area (Å²) in [6, 6.07) is 3.87. The Morgan fingerprint density at radius 3 is 2.56 bits per heavy atom. The molecule has 4 rings (SSSR count). The topological polar surface area (TPSA) is 91.8 Å². The van der Waals surface area contributed by atoms with Crippen molar-refractivity contribution >= 4 is 27.1 Å². The number of pyridine rings is 1. The van der Waals surface area contributed by atoms with Crippen LogP contribution in [-0.4, -0.2) is 84.5 Å². The lowest BCUT2D eigenvalue weighted by Gasteiger charge is -2.31. The van der Waals surface area contributed by atoms with Crippen LogP contribution in [-0.2, 0) is 14.9 Å². The SMILES string of the molecule is Cc1ccc2ncnc(N3CCCN(S(=O)(=O)N4CCOCC4)CC3)c2n1. The van der Waals surface area contributed by atoms with Gasteiger partial charge in [0.25, 0.3) is 10.2 Å². The van der Waals surface area contributed by atoms with Gasteiger partial charge in [-0.15, -0.1) is 0 Å². The van der Waals surface area contributed by atoms with Crippen LogP contribution in [0.5, 0.6) is 0 Å². The van der Waals surface area contributed by atoms with Crippen LogP contribution in [0.3, 0.4) is 0 Å². The highest BCUT2D eigenvalue weighted by Gasteiger charge is 2.32. The molecule has 2 aromatic rings. The highest BCUT2D eigenvalue weighted by Crippen LogP contribution is 2.23. The summed E-state index contributed by atoms with van der Waals surface area (Å²) >= 11 is 0. The summed E-state index contributed by atoms with van der Waals surface area (Å²) in [7, 11) is -3.45. The molecule has 0 amide bonds. The van der Waals surface area contributed by atoms with Crippen molar-refractivity contribution in [2.24, 2.45) is 0 Å². The van der Waals surface area contributed by atoms with E-state index >= 15 is 0 Å². The van der Waals surface area contributed by atoms with Gasteiger partial charge in [-0.25, -0.2) is 15.0 Å². The summed E-state index contributed by atoms with van der Waals surface area (Å²) in [6.07, 6.45) is 2.28. The molecule has 10 heteroatoms. The minimum Gasteiger partial charge on any atom is -0.379 e. The Bertz CT molecular complexity index is 916. The maximum absolute atomic E-state index is 12.9. The summed E-state index contributed by atoms with van der Waals surface area (Å²) in [6.45, 7) is 5.93. The largest absolute Gasteiger partial charge is 0.379 e. The van der Waals surface area contributed by atoms with E-state index in [-0.39, 0.29) is 0 Å². The third kappa shape index (κ3) is 3.75. The van der Waals surface area contributed by atoms with Crippen molar-refractivity contribution in [1.82, 2.24) is 23.6 Å². The Morgan fingerprint density at radius 2 is 1.74 bits per heavy atom. The fourth-order valence-electron chi connectivity index (χ4n) is 3.53. The van der Waals surface area contributed by atoms with Gasteiger partial charge in [0.2, 0.25) is 0 Å². The number of nitrogens with zero attached hydrogens (tertiary/aromatic N) is 6. The lowest BCUT2D eigenvalue weighted by molar-refractivity contribution is 0.0703. The molecule has 0 N–H and O–H groups in total. The van der Waals surface area contributed by atoms with E-state index < -0.39 is 10.2 Å². The summed E-state index contributed by atoms with van der Waals surface area (Å²) in [5.41, 5.74) is 2.47. The molecule has 9 nitrogen and oxygen atoms in total. The van der Waals surface area contributed by atoms with Gasteiger partial charge in [-0.1, -0.05) is 0 Å². The van der Waals surface area contributed by atoms with Crippen LogP contribution in [0.15, 0.2) is 18.5 Å². The van der Waals surface area contributed by atoms with Crippen molar-refractivity contribution in [2.45, 2.75) is 13.3 Å². The molecule has 0 atom stereocenters. The predicted octanol–water partition coefficient (Wildman–Crippen LogP) is 0.422.